The molecule has 3 rings (SSSR count). The minimum Gasteiger partial charge on any atom is -0.481 e. The van der Waals surface area contributed by atoms with Crippen LogP contribution in [0.15, 0.2) is 23.1 Å². The molecule has 0 radical (unpaired) electrons. The number of likely N-dealkylation sites (tertiary alicyclic amines) is 1. The van der Waals surface area contributed by atoms with Gasteiger partial charge in [-0.1, -0.05) is 0 Å². The summed E-state index contributed by atoms with van der Waals surface area (Å²) in [5.41, 5.74) is 1.28. The van der Waals surface area contributed by atoms with Crippen molar-refractivity contribution in [1.82, 2.24) is 4.90 Å². The van der Waals surface area contributed by atoms with E-state index in [1.54, 1.807) is 17.8 Å². The summed E-state index contributed by atoms with van der Waals surface area (Å²) in [6.07, 6.45) is 3.09. The molecule has 1 aromatic carbocycles. The number of anilines is 1. The predicted octanol–water partition coefficient (Wildman–Crippen LogP) is 2.84. The molecule has 7 heteroatoms. The summed E-state index contributed by atoms with van der Waals surface area (Å²) in [6.45, 7) is 1.30. The molecule has 0 saturated carbocycles. The van der Waals surface area contributed by atoms with E-state index in [9.17, 15) is 14.4 Å². The lowest BCUT2D eigenvalue weighted by Crippen LogP contribution is -2.40. The van der Waals surface area contributed by atoms with Crippen LogP contribution in [-0.4, -0.2) is 46.6 Å². The first-order valence-corrected chi connectivity index (χ1v) is 9.59. The molecule has 1 fully saturated rings. The van der Waals surface area contributed by atoms with Gasteiger partial charge in [-0.2, -0.15) is 0 Å². The van der Waals surface area contributed by atoms with E-state index < -0.39 is 5.97 Å². The number of rotatable bonds is 4. The smallest absolute Gasteiger partial charge is 0.303 e. The lowest BCUT2D eigenvalue weighted by molar-refractivity contribution is -0.137. The second-order valence-electron chi connectivity index (χ2n) is 6.55. The highest BCUT2D eigenvalue weighted by atomic mass is 32.2. The Bertz CT molecular complexity index is 692. The number of nitrogens with zero attached hydrogens (tertiary/aromatic N) is 1. The molecule has 1 atom stereocenters. The molecule has 1 unspecified atom stereocenters. The number of thioether (sulfide) groups is 1. The van der Waals surface area contributed by atoms with E-state index in [0.717, 1.165) is 23.5 Å². The van der Waals surface area contributed by atoms with Crippen molar-refractivity contribution >= 4 is 35.2 Å². The molecule has 25 heavy (non-hydrogen) atoms. The van der Waals surface area contributed by atoms with Crippen molar-refractivity contribution in [3.8, 4) is 0 Å². The highest BCUT2D eigenvalue weighted by molar-refractivity contribution is 7.99. The number of carboxylic acid groups (broad SMARTS) is 1. The number of fused-ring (bicyclic) bond motifs is 1. The SMILES string of the molecule is O=C(O)CCC1CCCN(C(=O)c2ccc3c(c2)NC(=O)CCS3)C1. The molecule has 6 nitrogen and oxygen atoms in total. The number of carbonyl (C=O) groups excluding carboxylic acids is 2. The normalized spacial score (nSPS) is 20.4. The van der Waals surface area contributed by atoms with E-state index in [4.69, 9.17) is 5.11 Å². The highest BCUT2D eigenvalue weighted by Gasteiger charge is 2.25. The third-order valence-electron chi connectivity index (χ3n) is 4.66. The van der Waals surface area contributed by atoms with Crippen LogP contribution in [0.2, 0.25) is 0 Å². The summed E-state index contributed by atoms with van der Waals surface area (Å²) >= 11 is 1.62. The zero-order valence-corrected chi connectivity index (χ0v) is 14.8. The Morgan fingerprint density at radius 3 is 3.00 bits per heavy atom. The molecule has 2 heterocycles. The van der Waals surface area contributed by atoms with Gasteiger partial charge in [0.25, 0.3) is 5.91 Å². The number of nitrogens with one attached hydrogen (secondary N) is 1. The second kappa shape index (κ2) is 7.91. The zero-order chi connectivity index (χ0) is 17.8. The molecule has 2 N–H and O–H groups in total. The molecule has 1 aromatic rings. The number of carbonyl (C=O) groups is 3. The molecule has 1 saturated heterocycles. The molecular weight excluding hydrogens is 340 g/mol. The fraction of sp³-hybridized carbons (Fsp3) is 0.500. The van der Waals surface area contributed by atoms with E-state index in [2.05, 4.69) is 5.32 Å². The number of amides is 2. The number of hydrogen-bond acceptors (Lipinski definition) is 4. The van der Waals surface area contributed by atoms with Gasteiger partial charge in [-0.05, 0) is 43.4 Å². The second-order valence-corrected chi connectivity index (χ2v) is 7.69. The highest BCUT2D eigenvalue weighted by Crippen LogP contribution is 2.32. The van der Waals surface area contributed by atoms with E-state index in [-0.39, 0.29) is 24.2 Å². The summed E-state index contributed by atoms with van der Waals surface area (Å²) in [5, 5.41) is 11.7. The Hall–Kier alpha value is -2.02. The van der Waals surface area contributed by atoms with Crippen molar-refractivity contribution in [2.75, 3.05) is 24.2 Å². The average molecular weight is 362 g/mol. The molecule has 0 bridgehead atoms. The topological polar surface area (TPSA) is 86.7 Å². The lowest BCUT2D eigenvalue weighted by atomic mass is 9.93. The average Bonchev–Trinajstić information content (AvgIpc) is 2.79. The zero-order valence-electron chi connectivity index (χ0n) is 14.0. The van der Waals surface area contributed by atoms with Gasteiger partial charge in [0, 0.05) is 42.1 Å². The van der Waals surface area contributed by atoms with Gasteiger partial charge in [0.2, 0.25) is 5.91 Å². The molecule has 2 amide bonds. The van der Waals surface area contributed by atoms with Gasteiger partial charge in [0.05, 0.1) is 5.69 Å². The molecule has 2 aliphatic rings. The van der Waals surface area contributed by atoms with Crippen molar-refractivity contribution in [2.24, 2.45) is 5.92 Å². The number of piperidine rings is 1. The summed E-state index contributed by atoms with van der Waals surface area (Å²) in [6, 6.07) is 5.46. The summed E-state index contributed by atoms with van der Waals surface area (Å²) in [7, 11) is 0. The maximum absolute atomic E-state index is 12.8. The van der Waals surface area contributed by atoms with Crippen molar-refractivity contribution in [3.05, 3.63) is 23.8 Å². The van der Waals surface area contributed by atoms with Crippen LogP contribution < -0.4 is 5.32 Å². The first-order chi connectivity index (χ1) is 12.0. The van der Waals surface area contributed by atoms with Crippen molar-refractivity contribution < 1.29 is 19.5 Å². The maximum atomic E-state index is 12.8. The minimum atomic E-state index is -0.789. The van der Waals surface area contributed by atoms with E-state index >= 15 is 0 Å². The molecule has 0 aliphatic carbocycles. The van der Waals surface area contributed by atoms with E-state index in [1.807, 2.05) is 17.0 Å². The Kier molecular flexibility index (Phi) is 5.63. The van der Waals surface area contributed by atoms with Gasteiger partial charge >= 0.3 is 5.97 Å². The number of benzene rings is 1. The number of aliphatic carboxylic acids is 1. The van der Waals surface area contributed by atoms with Crippen LogP contribution in [0.5, 0.6) is 0 Å². The van der Waals surface area contributed by atoms with Crippen LogP contribution in [0.4, 0.5) is 5.69 Å². The molecule has 0 spiro atoms. The third-order valence-corrected chi connectivity index (χ3v) is 5.74. The van der Waals surface area contributed by atoms with Gasteiger partial charge in [-0.15, -0.1) is 11.8 Å². The molecule has 2 aliphatic heterocycles. The first-order valence-electron chi connectivity index (χ1n) is 8.60. The predicted molar refractivity (Wildman–Crippen MR) is 95.9 cm³/mol. The largest absolute Gasteiger partial charge is 0.481 e. The molecule has 134 valence electrons. The van der Waals surface area contributed by atoms with Crippen molar-refractivity contribution in [3.63, 3.8) is 0 Å². The third kappa shape index (κ3) is 4.54. The van der Waals surface area contributed by atoms with E-state index in [1.165, 1.54) is 0 Å². The van der Waals surface area contributed by atoms with Crippen molar-refractivity contribution in [2.45, 2.75) is 37.0 Å². The Morgan fingerprint density at radius 1 is 1.36 bits per heavy atom. The summed E-state index contributed by atoms with van der Waals surface area (Å²) in [4.78, 5) is 38.1. The first kappa shape index (κ1) is 17.8. The van der Waals surface area contributed by atoms with Crippen LogP contribution in [0.25, 0.3) is 0 Å². The van der Waals surface area contributed by atoms with Gasteiger partial charge in [-0.25, -0.2) is 0 Å². The monoisotopic (exact) mass is 362 g/mol. The standard InChI is InChI=1S/C18H22N2O4S/c21-16-7-9-25-15-5-4-13(10-14(15)19-16)18(24)20-8-1-2-12(11-20)3-6-17(22)23/h4-5,10,12H,1-3,6-9,11H2,(H,19,21)(H,22,23). The summed E-state index contributed by atoms with van der Waals surface area (Å²) < 4.78 is 0. The van der Waals surface area contributed by atoms with Crippen LogP contribution >= 0.6 is 11.8 Å². The lowest BCUT2D eigenvalue weighted by Gasteiger charge is -2.32. The quantitative estimate of drug-likeness (QED) is 0.860. The van der Waals surface area contributed by atoms with Gasteiger partial charge in [-0.3, -0.25) is 14.4 Å². The molecular formula is C18H22N2O4S. The van der Waals surface area contributed by atoms with Crippen LogP contribution in [-0.2, 0) is 9.59 Å². The van der Waals surface area contributed by atoms with Crippen LogP contribution in [0.1, 0.15) is 42.5 Å². The summed E-state index contributed by atoms with van der Waals surface area (Å²) in [5.74, 6) is 0.116. The Balaban J connectivity index is 1.70. The Labute approximate surface area is 151 Å². The Morgan fingerprint density at radius 2 is 2.20 bits per heavy atom. The van der Waals surface area contributed by atoms with Gasteiger partial charge in [0.1, 0.15) is 0 Å². The van der Waals surface area contributed by atoms with E-state index in [0.29, 0.717) is 37.2 Å². The fourth-order valence-corrected chi connectivity index (χ4v) is 4.29. The van der Waals surface area contributed by atoms with Gasteiger partial charge < -0.3 is 15.3 Å². The van der Waals surface area contributed by atoms with Gasteiger partial charge in [0.15, 0.2) is 0 Å². The molecule has 0 aromatic heterocycles. The minimum absolute atomic E-state index is 0.0254. The van der Waals surface area contributed by atoms with Crippen LogP contribution in [0, 0.1) is 5.92 Å². The maximum Gasteiger partial charge on any atom is 0.303 e. The fourth-order valence-electron chi connectivity index (χ4n) is 3.35. The van der Waals surface area contributed by atoms with Crippen molar-refractivity contribution in [1.29, 1.82) is 0 Å². The number of carboxylic acids is 1. The number of hydrogen-bond donors (Lipinski definition) is 2. The van der Waals surface area contributed by atoms with Crippen LogP contribution in [0.3, 0.4) is 0 Å².